The van der Waals surface area contributed by atoms with Crippen molar-refractivity contribution in [3.8, 4) is 0 Å². The highest BCUT2D eigenvalue weighted by Crippen LogP contribution is 2.24. The predicted molar refractivity (Wildman–Crippen MR) is 79.9 cm³/mol. The molecule has 2 unspecified atom stereocenters. The maximum Gasteiger partial charge on any atom is 0.0783 e. The fraction of sp³-hybridized carbons (Fsp3) is 1.00. The standard InChI is InChI=1S/C14H31NOS/c1-8-9-15-13(14(5,6)16-7)10-17-12(4)11(2)3/h11-13,15H,8-10H2,1-7H3. The van der Waals surface area contributed by atoms with Crippen molar-refractivity contribution in [2.75, 3.05) is 19.4 Å². The molecule has 0 rings (SSSR count). The maximum atomic E-state index is 5.61. The second kappa shape index (κ2) is 8.39. The van der Waals surface area contributed by atoms with Gasteiger partial charge in [0.1, 0.15) is 0 Å². The zero-order valence-electron chi connectivity index (χ0n) is 12.7. The number of thioether (sulfide) groups is 1. The average molecular weight is 261 g/mol. The Hall–Kier alpha value is 0.270. The van der Waals surface area contributed by atoms with Crippen molar-refractivity contribution < 1.29 is 4.74 Å². The highest BCUT2D eigenvalue weighted by atomic mass is 32.2. The fourth-order valence-corrected chi connectivity index (χ4v) is 2.81. The third-order valence-electron chi connectivity index (χ3n) is 3.47. The van der Waals surface area contributed by atoms with E-state index in [9.17, 15) is 0 Å². The molecule has 0 bridgehead atoms. The van der Waals surface area contributed by atoms with E-state index < -0.39 is 0 Å². The summed E-state index contributed by atoms with van der Waals surface area (Å²) in [5, 5.41) is 4.31. The summed E-state index contributed by atoms with van der Waals surface area (Å²) in [4.78, 5) is 0. The van der Waals surface area contributed by atoms with Crippen molar-refractivity contribution in [1.82, 2.24) is 5.32 Å². The molecule has 0 saturated carbocycles. The molecule has 0 aromatic carbocycles. The summed E-state index contributed by atoms with van der Waals surface area (Å²) in [6, 6.07) is 0.415. The second-order valence-electron chi connectivity index (χ2n) is 5.60. The molecule has 0 aliphatic carbocycles. The van der Waals surface area contributed by atoms with Crippen molar-refractivity contribution in [1.29, 1.82) is 0 Å². The lowest BCUT2D eigenvalue weighted by Gasteiger charge is -2.34. The molecule has 0 aromatic heterocycles. The zero-order chi connectivity index (χ0) is 13.5. The van der Waals surface area contributed by atoms with Crippen molar-refractivity contribution in [3.63, 3.8) is 0 Å². The van der Waals surface area contributed by atoms with Gasteiger partial charge in [-0.1, -0.05) is 27.7 Å². The molecular formula is C14H31NOS. The molecular weight excluding hydrogens is 230 g/mol. The van der Waals surface area contributed by atoms with Gasteiger partial charge in [0.25, 0.3) is 0 Å². The molecule has 17 heavy (non-hydrogen) atoms. The number of rotatable bonds is 9. The van der Waals surface area contributed by atoms with Crippen LogP contribution in [0.25, 0.3) is 0 Å². The Kier molecular flexibility index (Phi) is 8.52. The van der Waals surface area contributed by atoms with Crippen LogP contribution < -0.4 is 5.32 Å². The van der Waals surface area contributed by atoms with Crippen LogP contribution in [0.2, 0.25) is 0 Å². The van der Waals surface area contributed by atoms with Crippen LogP contribution in [0.5, 0.6) is 0 Å². The van der Waals surface area contributed by atoms with Gasteiger partial charge in [-0.15, -0.1) is 0 Å². The summed E-state index contributed by atoms with van der Waals surface area (Å²) in [7, 11) is 1.80. The van der Waals surface area contributed by atoms with Gasteiger partial charge >= 0.3 is 0 Å². The third-order valence-corrected chi connectivity index (χ3v) is 5.07. The lowest BCUT2D eigenvalue weighted by Crippen LogP contribution is -2.50. The first-order valence-electron chi connectivity index (χ1n) is 6.75. The van der Waals surface area contributed by atoms with Gasteiger partial charge in [-0.25, -0.2) is 0 Å². The quantitative estimate of drug-likeness (QED) is 0.686. The first kappa shape index (κ1) is 17.3. The highest BCUT2D eigenvalue weighted by molar-refractivity contribution is 7.99. The number of methoxy groups -OCH3 is 1. The predicted octanol–water partition coefficient (Wildman–Crippen LogP) is 3.56. The molecule has 3 heteroatoms. The van der Waals surface area contributed by atoms with Crippen molar-refractivity contribution in [2.24, 2.45) is 5.92 Å². The summed E-state index contributed by atoms with van der Waals surface area (Å²) >= 11 is 2.04. The van der Waals surface area contributed by atoms with E-state index in [1.165, 1.54) is 6.42 Å². The van der Waals surface area contributed by atoms with Crippen LogP contribution in [-0.2, 0) is 4.74 Å². The first-order valence-corrected chi connectivity index (χ1v) is 7.80. The number of ether oxygens (including phenoxy) is 1. The average Bonchev–Trinajstić information content (AvgIpc) is 2.28. The number of hydrogen-bond acceptors (Lipinski definition) is 3. The van der Waals surface area contributed by atoms with E-state index in [2.05, 4.69) is 46.9 Å². The minimum absolute atomic E-state index is 0.0983. The smallest absolute Gasteiger partial charge is 0.0783 e. The number of nitrogens with one attached hydrogen (secondary N) is 1. The minimum atomic E-state index is -0.0983. The minimum Gasteiger partial charge on any atom is -0.377 e. The van der Waals surface area contributed by atoms with E-state index in [4.69, 9.17) is 4.74 Å². The maximum absolute atomic E-state index is 5.61. The van der Waals surface area contributed by atoms with Crippen LogP contribution in [-0.4, -0.2) is 36.3 Å². The van der Waals surface area contributed by atoms with Crippen LogP contribution >= 0.6 is 11.8 Å². The van der Waals surface area contributed by atoms with Crippen LogP contribution in [0.1, 0.15) is 48.0 Å². The first-order chi connectivity index (χ1) is 7.85. The lowest BCUT2D eigenvalue weighted by atomic mass is 10.0. The van der Waals surface area contributed by atoms with Crippen LogP contribution in [0.15, 0.2) is 0 Å². The monoisotopic (exact) mass is 261 g/mol. The third kappa shape index (κ3) is 6.68. The summed E-state index contributed by atoms with van der Waals surface area (Å²) in [6.45, 7) is 14.5. The Morgan fingerprint density at radius 3 is 2.24 bits per heavy atom. The Labute approximate surface area is 112 Å². The van der Waals surface area contributed by atoms with Gasteiger partial charge in [-0.05, 0) is 32.7 Å². The van der Waals surface area contributed by atoms with Gasteiger partial charge < -0.3 is 10.1 Å². The fourth-order valence-electron chi connectivity index (χ4n) is 1.41. The van der Waals surface area contributed by atoms with Gasteiger partial charge in [0.15, 0.2) is 0 Å². The Morgan fingerprint density at radius 2 is 1.82 bits per heavy atom. The van der Waals surface area contributed by atoms with Crippen LogP contribution in [0, 0.1) is 5.92 Å². The molecule has 0 aliphatic heterocycles. The van der Waals surface area contributed by atoms with Gasteiger partial charge in [0.05, 0.1) is 5.60 Å². The van der Waals surface area contributed by atoms with E-state index in [0.29, 0.717) is 11.3 Å². The van der Waals surface area contributed by atoms with Gasteiger partial charge in [0, 0.05) is 24.2 Å². The van der Waals surface area contributed by atoms with Gasteiger partial charge in [-0.3, -0.25) is 0 Å². The molecule has 0 saturated heterocycles. The Balaban J connectivity index is 4.29. The molecule has 104 valence electrons. The molecule has 0 fully saturated rings. The Morgan fingerprint density at radius 1 is 1.24 bits per heavy atom. The van der Waals surface area contributed by atoms with E-state index >= 15 is 0 Å². The number of hydrogen-bond donors (Lipinski definition) is 1. The summed E-state index contributed by atoms with van der Waals surface area (Å²) in [5.74, 6) is 1.85. The highest BCUT2D eigenvalue weighted by Gasteiger charge is 2.29. The molecule has 1 N–H and O–H groups in total. The summed E-state index contributed by atoms with van der Waals surface area (Å²) in [5.41, 5.74) is -0.0983. The molecule has 0 aromatic rings. The molecule has 0 spiro atoms. The van der Waals surface area contributed by atoms with Gasteiger partial charge in [-0.2, -0.15) is 11.8 Å². The molecule has 0 amide bonds. The largest absolute Gasteiger partial charge is 0.377 e. The molecule has 0 radical (unpaired) electrons. The van der Waals surface area contributed by atoms with E-state index in [0.717, 1.165) is 18.2 Å². The SMILES string of the molecule is CCCNC(CSC(C)C(C)C)C(C)(C)OC. The molecule has 0 heterocycles. The topological polar surface area (TPSA) is 21.3 Å². The van der Waals surface area contributed by atoms with Crippen LogP contribution in [0.3, 0.4) is 0 Å². The van der Waals surface area contributed by atoms with E-state index in [1.54, 1.807) is 7.11 Å². The molecule has 0 aliphatic rings. The second-order valence-corrected chi connectivity index (χ2v) is 7.01. The molecule has 2 nitrogen and oxygen atoms in total. The lowest BCUT2D eigenvalue weighted by molar-refractivity contribution is -0.00348. The van der Waals surface area contributed by atoms with Crippen molar-refractivity contribution in [2.45, 2.75) is 64.9 Å². The van der Waals surface area contributed by atoms with Crippen molar-refractivity contribution in [3.05, 3.63) is 0 Å². The van der Waals surface area contributed by atoms with Crippen LogP contribution in [0.4, 0.5) is 0 Å². The summed E-state index contributed by atoms with van der Waals surface area (Å²) in [6.07, 6.45) is 1.17. The van der Waals surface area contributed by atoms with Gasteiger partial charge in [0.2, 0.25) is 0 Å². The molecule has 2 atom stereocenters. The van der Waals surface area contributed by atoms with E-state index in [1.807, 2.05) is 11.8 Å². The van der Waals surface area contributed by atoms with E-state index in [-0.39, 0.29) is 5.60 Å². The summed E-state index contributed by atoms with van der Waals surface area (Å²) < 4.78 is 5.61. The normalized spacial score (nSPS) is 16.2. The van der Waals surface area contributed by atoms with Crippen molar-refractivity contribution >= 4 is 11.8 Å². The zero-order valence-corrected chi connectivity index (χ0v) is 13.5. The Bertz CT molecular complexity index is 195.